The van der Waals surface area contributed by atoms with E-state index in [2.05, 4.69) is 21.4 Å². The average molecular weight is 267 g/mol. The molecule has 0 aliphatic heterocycles. The third-order valence-electron chi connectivity index (χ3n) is 3.16. The lowest BCUT2D eigenvalue weighted by Crippen LogP contribution is -2.02. The molecule has 0 radical (unpaired) electrons. The zero-order chi connectivity index (χ0) is 13.9. The molecule has 0 aliphatic carbocycles. The predicted molar refractivity (Wildman–Crippen MR) is 78.0 cm³/mol. The summed E-state index contributed by atoms with van der Waals surface area (Å²) in [7, 11) is 0. The van der Waals surface area contributed by atoms with Crippen LogP contribution in [0, 0.1) is 12.7 Å². The molecule has 2 aromatic carbocycles. The average Bonchev–Trinajstić information content (AvgIpc) is 2.47. The van der Waals surface area contributed by atoms with Gasteiger partial charge in [0.2, 0.25) is 0 Å². The Kier molecular flexibility index (Phi) is 3.29. The van der Waals surface area contributed by atoms with Crippen LogP contribution >= 0.6 is 0 Å². The summed E-state index contributed by atoms with van der Waals surface area (Å²) >= 11 is 0. The van der Waals surface area contributed by atoms with Crippen molar-refractivity contribution in [2.24, 2.45) is 0 Å². The Morgan fingerprint density at radius 1 is 1.05 bits per heavy atom. The van der Waals surface area contributed by atoms with Gasteiger partial charge in [0.15, 0.2) is 0 Å². The summed E-state index contributed by atoms with van der Waals surface area (Å²) < 4.78 is 12.9. The van der Waals surface area contributed by atoms with Crippen LogP contribution < -0.4 is 5.32 Å². The molecular formula is C16H14FN3. The second-order valence-electron chi connectivity index (χ2n) is 4.72. The maximum absolute atomic E-state index is 12.9. The Hall–Kier alpha value is -2.49. The van der Waals surface area contributed by atoms with E-state index in [0.717, 1.165) is 27.8 Å². The summed E-state index contributed by atoms with van der Waals surface area (Å²) in [5.41, 5.74) is 3.08. The summed E-state index contributed by atoms with van der Waals surface area (Å²) in [5, 5.41) is 4.27. The van der Waals surface area contributed by atoms with Crippen molar-refractivity contribution >= 4 is 16.7 Å². The maximum Gasteiger partial charge on any atom is 0.137 e. The molecule has 0 saturated carbocycles. The number of rotatable bonds is 3. The van der Waals surface area contributed by atoms with E-state index >= 15 is 0 Å². The van der Waals surface area contributed by atoms with E-state index < -0.39 is 0 Å². The van der Waals surface area contributed by atoms with Crippen molar-refractivity contribution < 1.29 is 4.39 Å². The Bertz CT molecular complexity index is 738. The minimum Gasteiger partial charge on any atom is -0.365 e. The number of hydrogen-bond donors (Lipinski definition) is 1. The number of nitrogens with one attached hydrogen (secondary N) is 1. The molecule has 3 nitrogen and oxygen atoms in total. The molecule has 1 heterocycles. The van der Waals surface area contributed by atoms with Crippen LogP contribution in [0.4, 0.5) is 10.2 Å². The standard InChI is InChI=1S/C16H14FN3/c1-11-2-7-15-14(8-11)16(20-10-19-15)18-9-12-3-5-13(17)6-4-12/h2-8,10H,9H2,1H3,(H,18,19,20). The molecule has 0 unspecified atom stereocenters. The summed E-state index contributed by atoms with van der Waals surface area (Å²) in [5.74, 6) is 0.569. The summed E-state index contributed by atoms with van der Waals surface area (Å²) in [4.78, 5) is 8.53. The number of anilines is 1. The minimum absolute atomic E-state index is 0.225. The van der Waals surface area contributed by atoms with E-state index in [9.17, 15) is 4.39 Å². The molecule has 1 N–H and O–H groups in total. The summed E-state index contributed by atoms with van der Waals surface area (Å²) in [6.45, 7) is 2.64. The number of aryl methyl sites for hydroxylation is 1. The highest BCUT2D eigenvalue weighted by Crippen LogP contribution is 2.20. The fourth-order valence-corrected chi connectivity index (χ4v) is 2.10. The molecular weight excluding hydrogens is 253 g/mol. The molecule has 0 aliphatic rings. The van der Waals surface area contributed by atoms with Crippen LogP contribution in [0.5, 0.6) is 0 Å². The summed E-state index contributed by atoms with van der Waals surface area (Å²) in [6.07, 6.45) is 1.55. The van der Waals surface area contributed by atoms with Crippen molar-refractivity contribution in [1.82, 2.24) is 9.97 Å². The predicted octanol–water partition coefficient (Wildman–Crippen LogP) is 3.69. The van der Waals surface area contributed by atoms with Crippen LogP contribution in [0.25, 0.3) is 10.9 Å². The van der Waals surface area contributed by atoms with E-state index in [0.29, 0.717) is 6.54 Å². The van der Waals surface area contributed by atoms with Crippen LogP contribution in [0.2, 0.25) is 0 Å². The minimum atomic E-state index is -0.225. The number of hydrogen-bond acceptors (Lipinski definition) is 3. The van der Waals surface area contributed by atoms with E-state index in [4.69, 9.17) is 0 Å². The Morgan fingerprint density at radius 3 is 2.65 bits per heavy atom. The molecule has 0 saturated heterocycles. The lowest BCUT2D eigenvalue weighted by atomic mass is 10.1. The molecule has 3 rings (SSSR count). The zero-order valence-electron chi connectivity index (χ0n) is 11.1. The molecule has 0 atom stereocenters. The van der Waals surface area contributed by atoms with E-state index in [-0.39, 0.29) is 5.82 Å². The number of aromatic nitrogens is 2. The van der Waals surface area contributed by atoms with Gasteiger partial charge in [0.1, 0.15) is 18.0 Å². The first kappa shape index (κ1) is 12.5. The first-order valence-electron chi connectivity index (χ1n) is 6.42. The first-order valence-corrected chi connectivity index (χ1v) is 6.42. The highest BCUT2D eigenvalue weighted by molar-refractivity contribution is 5.89. The molecule has 0 spiro atoms. The van der Waals surface area contributed by atoms with Gasteiger partial charge in [-0.15, -0.1) is 0 Å². The normalized spacial score (nSPS) is 10.7. The van der Waals surface area contributed by atoms with Crippen LogP contribution in [-0.4, -0.2) is 9.97 Å². The van der Waals surface area contributed by atoms with Crippen molar-refractivity contribution in [3.63, 3.8) is 0 Å². The summed E-state index contributed by atoms with van der Waals surface area (Å²) in [6, 6.07) is 12.5. The van der Waals surface area contributed by atoms with Crippen molar-refractivity contribution in [3.05, 3.63) is 65.7 Å². The monoisotopic (exact) mass is 267 g/mol. The van der Waals surface area contributed by atoms with E-state index in [1.54, 1.807) is 18.5 Å². The second kappa shape index (κ2) is 5.25. The molecule has 0 amide bonds. The third-order valence-corrected chi connectivity index (χ3v) is 3.16. The number of nitrogens with zero attached hydrogens (tertiary/aromatic N) is 2. The number of benzene rings is 2. The van der Waals surface area contributed by atoms with Gasteiger partial charge in [-0.05, 0) is 36.8 Å². The molecule has 100 valence electrons. The fourth-order valence-electron chi connectivity index (χ4n) is 2.10. The van der Waals surface area contributed by atoms with Gasteiger partial charge in [-0.3, -0.25) is 0 Å². The largest absolute Gasteiger partial charge is 0.365 e. The van der Waals surface area contributed by atoms with Crippen LogP contribution in [0.3, 0.4) is 0 Å². The molecule has 0 fully saturated rings. The fraction of sp³-hybridized carbons (Fsp3) is 0.125. The quantitative estimate of drug-likeness (QED) is 0.786. The Labute approximate surface area is 116 Å². The lowest BCUT2D eigenvalue weighted by molar-refractivity contribution is 0.627. The van der Waals surface area contributed by atoms with Gasteiger partial charge in [-0.1, -0.05) is 23.8 Å². The molecule has 20 heavy (non-hydrogen) atoms. The zero-order valence-corrected chi connectivity index (χ0v) is 11.1. The van der Waals surface area contributed by atoms with Gasteiger partial charge in [-0.25, -0.2) is 14.4 Å². The van der Waals surface area contributed by atoms with Crippen molar-refractivity contribution in [1.29, 1.82) is 0 Å². The lowest BCUT2D eigenvalue weighted by Gasteiger charge is -2.09. The number of fused-ring (bicyclic) bond motifs is 1. The number of halogens is 1. The van der Waals surface area contributed by atoms with Gasteiger partial charge in [0.05, 0.1) is 5.52 Å². The Morgan fingerprint density at radius 2 is 1.85 bits per heavy atom. The van der Waals surface area contributed by atoms with Gasteiger partial charge in [0, 0.05) is 11.9 Å². The third kappa shape index (κ3) is 2.59. The van der Waals surface area contributed by atoms with Gasteiger partial charge < -0.3 is 5.32 Å². The second-order valence-corrected chi connectivity index (χ2v) is 4.72. The van der Waals surface area contributed by atoms with Crippen LogP contribution in [-0.2, 0) is 6.54 Å². The molecule has 3 aromatic rings. The molecule has 0 bridgehead atoms. The van der Waals surface area contributed by atoms with E-state index in [1.165, 1.54) is 12.1 Å². The van der Waals surface area contributed by atoms with Crippen molar-refractivity contribution in [2.45, 2.75) is 13.5 Å². The van der Waals surface area contributed by atoms with Gasteiger partial charge in [-0.2, -0.15) is 0 Å². The van der Waals surface area contributed by atoms with Crippen LogP contribution in [0.1, 0.15) is 11.1 Å². The highest BCUT2D eigenvalue weighted by Gasteiger charge is 2.03. The van der Waals surface area contributed by atoms with E-state index in [1.807, 2.05) is 19.1 Å². The SMILES string of the molecule is Cc1ccc2ncnc(NCc3ccc(F)cc3)c2c1. The van der Waals surface area contributed by atoms with Crippen molar-refractivity contribution in [3.8, 4) is 0 Å². The van der Waals surface area contributed by atoms with Gasteiger partial charge >= 0.3 is 0 Å². The smallest absolute Gasteiger partial charge is 0.137 e. The molecule has 1 aromatic heterocycles. The topological polar surface area (TPSA) is 37.8 Å². The first-order chi connectivity index (χ1) is 9.72. The molecule has 4 heteroatoms. The maximum atomic E-state index is 12.9. The van der Waals surface area contributed by atoms with Gasteiger partial charge in [0.25, 0.3) is 0 Å². The van der Waals surface area contributed by atoms with Crippen molar-refractivity contribution in [2.75, 3.05) is 5.32 Å². The highest BCUT2D eigenvalue weighted by atomic mass is 19.1. The van der Waals surface area contributed by atoms with Crippen LogP contribution in [0.15, 0.2) is 48.8 Å². The Balaban J connectivity index is 1.87.